The third kappa shape index (κ3) is 2.54. The molecule has 1 aromatic carbocycles. The second kappa shape index (κ2) is 5.06. The Bertz CT molecular complexity index is 587. The van der Waals surface area contributed by atoms with Crippen molar-refractivity contribution < 1.29 is 14.2 Å². The summed E-state index contributed by atoms with van der Waals surface area (Å²) in [6.45, 7) is 0.755. The maximum absolute atomic E-state index is 5.73. The number of rotatable bonds is 4. The summed E-state index contributed by atoms with van der Waals surface area (Å²) in [4.78, 5) is 4.16. The smallest absolute Gasteiger partial charge is 0.231 e. The zero-order valence-corrected chi connectivity index (χ0v) is 10.6. The van der Waals surface area contributed by atoms with Gasteiger partial charge in [-0.3, -0.25) is 0 Å². The number of pyridine rings is 1. The van der Waals surface area contributed by atoms with Gasteiger partial charge in [-0.25, -0.2) is 4.98 Å². The minimum atomic E-state index is 0.272. The lowest BCUT2D eigenvalue weighted by atomic mass is 10.2. The van der Waals surface area contributed by atoms with Gasteiger partial charge >= 0.3 is 0 Å². The normalized spacial score (nSPS) is 12.3. The maximum Gasteiger partial charge on any atom is 0.231 e. The molecular formula is C14H14N2O3. The Morgan fingerprint density at radius 2 is 2.11 bits per heavy atom. The second-order valence-corrected chi connectivity index (χ2v) is 4.10. The zero-order chi connectivity index (χ0) is 13.1. The summed E-state index contributed by atoms with van der Waals surface area (Å²) < 4.78 is 16.3. The molecule has 3 rings (SSSR count). The molecule has 1 N–H and O–H groups in total. The lowest BCUT2D eigenvalue weighted by Crippen LogP contribution is -1.98. The van der Waals surface area contributed by atoms with Crippen LogP contribution in [0, 0.1) is 0 Å². The number of hydrogen-bond donors (Lipinski definition) is 1. The van der Waals surface area contributed by atoms with Gasteiger partial charge in [0.15, 0.2) is 11.5 Å². The largest absolute Gasteiger partial charge is 0.489 e. The third-order valence-corrected chi connectivity index (χ3v) is 2.83. The number of fused-ring (bicyclic) bond motifs is 1. The Labute approximate surface area is 111 Å². The van der Waals surface area contributed by atoms with E-state index in [4.69, 9.17) is 14.2 Å². The van der Waals surface area contributed by atoms with Crippen molar-refractivity contribution in [3.8, 4) is 17.2 Å². The quantitative estimate of drug-likeness (QED) is 0.912. The van der Waals surface area contributed by atoms with Gasteiger partial charge in [-0.2, -0.15) is 0 Å². The van der Waals surface area contributed by atoms with Gasteiger partial charge in [-0.05, 0) is 29.8 Å². The van der Waals surface area contributed by atoms with Crippen LogP contribution in [0.25, 0.3) is 0 Å². The van der Waals surface area contributed by atoms with Crippen molar-refractivity contribution >= 4 is 5.82 Å². The molecule has 2 heterocycles. The monoisotopic (exact) mass is 258 g/mol. The summed E-state index contributed by atoms with van der Waals surface area (Å²) in [5, 5.41) is 3.00. The predicted molar refractivity (Wildman–Crippen MR) is 70.7 cm³/mol. The Kier molecular flexibility index (Phi) is 3.10. The highest BCUT2D eigenvalue weighted by molar-refractivity contribution is 5.47. The van der Waals surface area contributed by atoms with Crippen LogP contribution in [0.4, 0.5) is 5.82 Å². The standard InChI is InChI=1S/C14H14N2O3/c1-15-14-6-10(4-5-16-14)8-17-11-2-3-12-13(7-11)19-9-18-12/h2-7H,8-9H2,1H3,(H,15,16). The zero-order valence-electron chi connectivity index (χ0n) is 10.6. The average molecular weight is 258 g/mol. The number of hydrogen-bond acceptors (Lipinski definition) is 5. The molecular weight excluding hydrogens is 244 g/mol. The maximum atomic E-state index is 5.73. The van der Waals surface area contributed by atoms with Gasteiger partial charge in [0.25, 0.3) is 0 Å². The van der Waals surface area contributed by atoms with Crippen LogP contribution in [0.3, 0.4) is 0 Å². The first kappa shape index (κ1) is 11.6. The Morgan fingerprint density at radius 1 is 1.21 bits per heavy atom. The van der Waals surface area contributed by atoms with Crippen molar-refractivity contribution in [3.63, 3.8) is 0 Å². The topological polar surface area (TPSA) is 52.6 Å². The van der Waals surface area contributed by atoms with Crippen LogP contribution in [0.1, 0.15) is 5.56 Å². The van der Waals surface area contributed by atoms with Crippen LogP contribution >= 0.6 is 0 Å². The second-order valence-electron chi connectivity index (χ2n) is 4.10. The number of anilines is 1. The fraction of sp³-hybridized carbons (Fsp3) is 0.214. The Morgan fingerprint density at radius 3 is 3.00 bits per heavy atom. The van der Waals surface area contributed by atoms with E-state index in [1.165, 1.54) is 0 Å². The number of nitrogens with one attached hydrogen (secondary N) is 1. The van der Waals surface area contributed by atoms with Crippen molar-refractivity contribution in [3.05, 3.63) is 42.1 Å². The molecule has 0 saturated carbocycles. The minimum absolute atomic E-state index is 0.272. The van der Waals surface area contributed by atoms with E-state index in [-0.39, 0.29) is 6.79 Å². The molecule has 0 spiro atoms. The van der Waals surface area contributed by atoms with Gasteiger partial charge in [0.05, 0.1) is 0 Å². The molecule has 1 aliphatic rings. The van der Waals surface area contributed by atoms with Crippen molar-refractivity contribution in [2.75, 3.05) is 19.2 Å². The molecule has 0 radical (unpaired) electrons. The lowest BCUT2D eigenvalue weighted by Gasteiger charge is -2.08. The fourth-order valence-electron chi connectivity index (χ4n) is 1.83. The van der Waals surface area contributed by atoms with Crippen LogP contribution in [-0.4, -0.2) is 18.8 Å². The first-order valence-electron chi connectivity index (χ1n) is 6.00. The first-order chi connectivity index (χ1) is 9.35. The Hall–Kier alpha value is -2.43. The first-order valence-corrected chi connectivity index (χ1v) is 6.00. The van der Waals surface area contributed by atoms with Gasteiger partial charge < -0.3 is 19.5 Å². The van der Waals surface area contributed by atoms with Gasteiger partial charge in [0.1, 0.15) is 18.2 Å². The van der Waals surface area contributed by atoms with Crippen LogP contribution in [-0.2, 0) is 6.61 Å². The van der Waals surface area contributed by atoms with Gasteiger partial charge in [-0.15, -0.1) is 0 Å². The van der Waals surface area contributed by atoms with Crippen molar-refractivity contribution in [2.45, 2.75) is 6.61 Å². The molecule has 0 saturated heterocycles. The molecule has 0 aliphatic carbocycles. The molecule has 1 aromatic heterocycles. The summed E-state index contributed by atoms with van der Waals surface area (Å²) >= 11 is 0. The lowest BCUT2D eigenvalue weighted by molar-refractivity contribution is 0.173. The van der Waals surface area contributed by atoms with E-state index in [1.54, 1.807) is 6.20 Å². The molecule has 0 fully saturated rings. The van der Waals surface area contributed by atoms with Crippen LogP contribution < -0.4 is 19.5 Å². The highest BCUT2D eigenvalue weighted by Gasteiger charge is 2.13. The molecule has 0 bridgehead atoms. The molecule has 5 nitrogen and oxygen atoms in total. The fourth-order valence-corrected chi connectivity index (χ4v) is 1.83. The number of ether oxygens (including phenoxy) is 3. The van der Waals surface area contributed by atoms with Crippen LogP contribution in [0.2, 0.25) is 0 Å². The molecule has 0 atom stereocenters. The summed E-state index contributed by atoms with van der Waals surface area (Å²) in [5.41, 5.74) is 1.05. The van der Waals surface area contributed by atoms with E-state index in [9.17, 15) is 0 Å². The molecule has 19 heavy (non-hydrogen) atoms. The van der Waals surface area contributed by atoms with Crippen LogP contribution in [0.5, 0.6) is 17.2 Å². The molecule has 0 amide bonds. The van der Waals surface area contributed by atoms with E-state index in [2.05, 4.69) is 10.3 Å². The highest BCUT2D eigenvalue weighted by Crippen LogP contribution is 2.35. The number of benzene rings is 1. The van der Waals surface area contributed by atoms with Crippen LogP contribution in [0.15, 0.2) is 36.5 Å². The van der Waals surface area contributed by atoms with Crippen molar-refractivity contribution in [1.29, 1.82) is 0 Å². The molecule has 2 aromatic rings. The summed E-state index contributed by atoms with van der Waals surface area (Å²) in [5.74, 6) is 3.07. The van der Waals surface area contributed by atoms with E-state index in [0.29, 0.717) is 6.61 Å². The van der Waals surface area contributed by atoms with E-state index in [1.807, 2.05) is 37.4 Å². The van der Waals surface area contributed by atoms with E-state index in [0.717, 1.165) is 28.6 Å². The van der Waals surface area contributed by atoms with E-state index >= 15 is 0 Å². The van der Waals surface area contributed by atoms with Crippen molar-refractivity contribution in [1.82, 2.24) is 4.98 Å². The molecule has 1 aliphatic heterocycles. The highest BCUT2D eigenvalue weighted by atomic mass is 16.7. The predicted octanol–water partition coefficient (Wildman–Crippen LogP) is 2.43. The van der Waals surface area contributed by atoms with Crippen molar-refractivity contribution in [2.24, 2.45) is 0 Å². The van der Waals surface area contributed by atoms with Gasteiger partial charge in [0, 0.05) is 19.3 Å². The SMILES string of the molecule is CNc1cc(COc2ccc3c(c2)OCO3)ccn1. The van der Waals surface area contributed by atoms with Gasteiger partial charge in [-0.1, -0.05) is 0 Å². The third-order valence-electron chi connectivity index (χ3n) is 2.83. The van der Waals surface area contributed by atoms with Gasteiger partial charge in [0.2, 0.25) is 6.79 Å². The summed E-state index contributed by atoms with van der Waals surface area (Å²) in [6.07, 6.45) is 1.75. The summed E-state index contributed by atoms with van der Waals surface area (Å²) in [7, 11) is 1.84. The molecule has 5 heteroatoms. The molecule has 0 unspecified atom stereocenters. The summed E-state index contributed by atoms with van der Waals surface area (Å²) in [6, 6.07) is 9.43. The molecule has 98 valence electrons. The number of nitrogens with zero attached hydrogens (tertiary/aromatic N) is 1. The van der Waals surface area contributed by atoms with E-state index < -0.39 is 0 Å². The average Bonchev–Trinajstić information content (AvgIpc) is 2.93. The Balaban J connectivity index is 1.68. The number of aromatic nitrogens is 1. The minimum Gasteiger partial charge on any atom is -0.489 e.